The van der Waals surface area contributed by atoms with Gasteiger partial charge in [-0.05, 0) is 41.3 Å². The summed E-state index contributed by atoms with van der Waals surface area (Å²) < 4.78 is 21.2. The van der Waals surface area contributed by atoms with E-state index in [1.807, 2.05) is 34.9 Å². The van der Waals surface area contributed by atoms with Crippen molar-refractivity contribution in [3.05, 3.63) is 39.5 Å². The Morgan fingerprint density at radius 3 is 2.68 bits per heavy atom. The van der Waals surface area contributed by atoms with Crippen LogP contribution in [-0.2, 0) is 4.74 Å². The highest BCUT2D eigenvalue weighted by Crippen LogP contribution is 2.27. The molecule has 0 N–H and O–H groups in total. The summed E-state index contributed by atoms with van der Waals surface area (Å²) in [5, 5.41) is 0. The number of pyridine rings is 2. The van der Waals surface area contributed by atoms with E-state index in [2.05, 4.69) is 36.8 Å². The van der Waals surface area contributed by atoms with Crippen LogP contribution < -0.4 is 14.0 Å². The largest absolute Gasteiger partial charge is 0.472 e. The van der Waals surface area contributed by atoms with Gasteiger partial charge in [-0.3, -0.25) is 0 Å². The Labute approximate surface area is 163 Å². The van der Waals surface area contributed by atoms with Gasteiger partial charge in [-0.25, -0.2) is 4.98 Å². The summed E-state index contributed by atoms with van der Waals surface area (Å²) in [6, 6.07) is 9.85. The predicted octanol–water partition coefficient (Wildman–Crippen LogP) is 3.98. The molecule has 3 heterocycles. The molecule has 0 spiro atoms. The first kappa shape index (κ1) is 17.2. The van der Waals surface area contributed by atoms with Crippen molar-refractivity contribution in [3.8, 4) is 17.4 Å². The molecule has 1 aliphatic heterocycles. The highest BCUT2D eigenvalue weighted by molar-refractivity contribution is 9.10. The molecular weight excluding hydrogens is 452 g/mol. The monoisotopic (exact) mass is 469 g/mol. The lowest BCUT2D eigenvalue weighted by Gasteiger charge is -2.24. The summed E-state index contributed by atoms with van der Waals surface area (Å²) in [7, 11) is 0. The molecule has 1 aliphatic carbocycles. The summed E-state index contributed by atoms with van der Waals surface area (Å²) in [5.74, 6) is 1.39. The SMILES string of the molecule is Brc1cc(-[n+]2c(Br)cccc2OC2CCC2)cc(OC2CCOC2)n1. The third-order valence-corrected chi connectivity index (χ3v) is 5.46. The van der Waals surface area contributed by atoms with E-state index in [1.165, 1.54) is 6.42 Å². The molecule has 1 saturated carbocycles. The number of nitrogens with zero attached hydrogens (tertiary/aromatic N) is 2. The van der Waals surface area contributed by atoms with Crippen LogP contribution in [0, 0.1) is 0 Å². The average molecular weight is 471 g/mol. The van der Waals surface area contributed by atoms with Gasteiger partial charge in [-0.15, -0.1) is 4.57 Å². The van der Waals surface area contributed by atoms with Gasteiger partial charge in [0.1, 0.15) is 16.8 Å². The van der Waals surface area contributed by atoms with Crippen LogP contribution in [0.2, 0.25) is 0 Å². The van der Waals surface area contributed by atoms with Crippen LogP contribution in [0.5, 0.6) is 11.8 Å². The molecule has 0 amide bonds. The normalized spacial score (nSPS) is 20.3. The van der Waals surface area contributed by atoms with E-state index in [0.29, 0.717) is 18.6 Å². The van der Waals surface area contributed by atoms with Gasteiger partial charge in [0.2, 0.25) is 11.6 Å². The van der Waals surface area contributed by atoms with E-state index in [9.17, 15) is 0 Å². The topological polar surface area (TPSA) is 44.5 Å². The van der Waals surface area contributed by atoms with Gasteiger partial charge in [0, 0.05) is 34.5 Å². The molecule has 1 saturated heterocycles. The van der Waals surface area contributed by atoms with Crippen LogP contribution in [0.4, 0.5) is 0 Å². The second-order valence-electron chi connectivity index (χ2n) is 6.28. The zero-order valence-corrected chi connectivity index (χ0v) is 16.8. The van der Waals surface area contributed by atoms with Crippen molar-refractivity contribution in [2.24, 2.45) is 0 Å². The molecule has 0 bridgehead atoms. The Balaban J connectivity index is 1.67. The van der Waals surface area contributed by atoms with Crippen molar-refractivity contribution in [1.82, 2.24) is 4.98 Å². The molecule has 132 valence electrons. The van der Waals surface area contributed by atoms with Crippen molar-refractivity contribution in [3.63, 3.8) is 0 Å². The minimum atomic E-state index is 0.0598. The van der Waals surface area contributed by atoms with Gasteiger partial charge in [0.05, 0.1) is 25.3 Å². The van der Waals surface area contributed by atoms with E-state index in [4.69, 9.17) is 14.2 Å². The molecule has 4 rings (SSSR count). The fourth-order valence-corrected chi connectivity index (χ4v) is 3.83. The van der Waals surface area contributed by atoms with Gasteiger partial charge in [-0.2, -0.15) is 0 Å². The number of rotatable bonds is 5. The number of halogens is 2. The van der Waals surface area contributed by atoms with Gasteiger partial charge in [-0.1, -0.05) is 0 Å². The molecule has 2 aromatic heterocycles. The van der Waals surface area contributed by atoms with Crippen LogP contribution in [0.15, 0.2) is 39.5 Å². The molecular formula is C18H19Br2N2O3+. The van der Waals surface area contributed by atoms with Crippen LogP contribution in [0.25, 0.3) is 5.69 Å². The Morgan fingerprint density at radius 1 is 1.08 bits per heavy atom. The quantitative estimate of drug-likeness (QED) is 0.489. The summed E-state index contributed by atoms with van der Waals surface area (Å²) in [5.41, 5.74) is 0.928. The molecule has 0 radical (unpaired) electrons. The highest BCUT2D eigenvalue weighted by atomic mass is 79.9. The fourth-order valence-electron chi connectivity index (χ4n) is 2.89. The lowest BCUT2D eigenvalue weighted by Crippen LogP contribution is -2.38. The zero-order chi connectivity index (χ0) is 17.2. The maximum atomic E-state index is 6.17. The van der Waals surface area contributed by atoms with Gasteiger partial charge >= 0.3 is 5.88 Å². The Morgan fingerprint density at radius 2 is 1.96 bits per heavy atom. The van der Waals surface area contributed by atoms with Crippen molar-refractivity contribution < 1.29 is 18.8 Å². The number of hydrogen-bond acceptors (Lipinski definition) is 4. The Hall–Kier alpha value is -1.18. The summed E-state index contributed by atoms with van der Waals surface area (Å²) in [6.45, 7) is 1.35. The predicted molar refractivity (Wildman–Crippen MR) is 99.3 cm³/mol. The summed E-state index contributed by atoms with van der Waals surface area (Å²) >= 11 is 7.13. The second kappa shape index (κ2) is 7.60. The standard InChI is InChI=1S/C18H19Br2N2O3/c19-15-9-12(10-17(21-15)24-14-7-8-23-11-14)22-16(20)5-2-6-18(22)25-13-3-1-4-13/h2,5-6,9-10,13-14H,1,3-4,7-8,11H2/q+1. The van der Waals surface area contributed by atoms with Gasteiger partial charge in [0.15, 0.2) is 0 Å². The first-order valence-electron chi connectivity index (χ1n) is 8.48. The van der Waals surface area contributed by atoms with E-state index >= 15 is 0 Å². The van der Waals surface area contributed by atoms with E-state index < -0.39 is 0 Å². The minimum Gasteiger partial charge on any atom is -0.472 e. The molecule has 2 aromatic rings. The van der Waals surface area contributed by atoms with Crippen molar-refractivity contribution >= 4 is 31.9 Å². The van der Waals surface area contributed by atoms with Gasteiger partial charge < -0.3 is 14.2 Å². The Bertz CT molecular complexity index is 762. The first-order valence-corrected chi connectivity index (χ1v) is 10.1. The van der Waals surface area contributed by atoms with Crippen molar-refractivity contribution in [2.45, 2.75) is 37.9 Å². The molecule has 25 heavy (non-hydrogen) atoms. The maximum absolute atomic E-state index is 6.17. The first-order chi connectivity index (χ1) is 12.2. The van der Waals surface area contributed by atoms with E-state index in [1.54, 1.807) is 0 Å². The van der Waals surface area contributed by atoms with Gasteiger partial charge in [0.25, 0.3) is 4.60 Å². The summed E-state index contributed by atoms with van der Waals surface area (Å²) in [4.78, 5) is 4.44. The third-order valence-electron chi connectivity index (χ3n) is 4.44. The summed E-state index contributed by atoms with van der Waals surface area (Å²) in [6.07, 6.45) is 4.72. The smallest absolute Gasteiger partial charge is 0.374 e. The molecule has 1 atom stereocenters. The molecule has 1 unspecified atom stereocenters. The van der Waals surface area contributed by atoms with Crippen molar-refractivity contribution in [2.75, 3.05) is 13.2 Å². The molecule has 7 heteroatoms. The van der Waals surface area contributed by atoms with Crippen LogP contribution in [0.1, 0.15) is 25.7 Å². The zero-order valence-electron chi connectivity index (χ0n) is 13.7. The van der Waals surface area contributed by atoms with E-state index in [-0.39, 0.29) is 6.10 Å². The molecule has 5 nitrogen and oxygen atoms in total. The average Bonchev–Trinajstić information content (AvgIpc) is 3.03. The third kappa shape index (κ3) is 3.99. The van der Waals surface area contributed by atoms with E-state index in [0.717, 1.165) is 46.6 Å². The molecule has 0 aromatic carbocycles. The molecule has 2 fully saturated rings. The highest BCUT2D eigenvalue weighted by Gasteiger charge is 2.27. The number of hydrogen-bond donors (Lipinski definition) is 0. The maximum Gasteiger partial charge on any atom is 0.374 e. The van der Waals surface area contributed by atoms with Crippen LogP contribution in [-0.4, -0.2) is 30.4 Å². The lowest BCUT2D eigenvalue weighted by atomic mass is 9.96. The van der Waals surface area contributed by atoms with Crippen LogP contribution >= 0.6 is 31.9 Å². The van der Waals surface area contributed by atoms with Crippen LogP contribution in [0.3, 0.4) is 0 Å². The molecule has 2 aliphatic rings. The van der Waals surface area contributed by atoms with Crippen molar-refractivity contribution in [1.29, 1.82) is 0 Å². The number of aromatic nitrogens is 2. The fraction of sp³-hybridized carbons (Fsp3) is 0.444. The number of ether oxygens (including phenoxy) is 3. The second-order valence-corrected chi connectivity index (χ2v) is 7.91. The lowest BCUT2D eigenvalue weighted by molar-refractivity contribution is -0.616. The minimum absolute atomic E-state index is 0.0598. The Kier molecular flexibility index (Phi) is 5.24.